The second kappa shape index (κ2) is 44.1. The zero-order chi connectivity index (χ0) is 54.8. The van der Waals surface area contributed by atoms with Crippen LogP contribution in [0.15, 0.2) is 12.2 Å². The number of nitrogens with one attached hydrogen (secondary N) is 1. The highest BCUT2D eigenvalue weighted by molar-refractivity contribution is 5.83. The van der Waals surface area contributed by atoms with E-state index in [9.17, 15) is 33.6 Å². The molecule has 1 amide bonds. The minimum atomic E-state index is -1.57. The van der Waals surface area contributed by atoms with Gasteiger partial charge >= 0.3 is 35.8 Å². The Labute approximate surface area is 445 Å². The van der Waals surface area contributed by atoms with E-state index in [1.807, 2.05) is 6.08 Å². The molecule has 16 heteroatoms. The zero-order valence-electron chi connectivity index (χ0n) is 47.2. The van der Waals surface area contributed by atoms with Crippen LogP contribution in [-0.4, -0.2) is 104 Å². The highest BCUT2D eigenvalue weighted by Gasteiger charge is 2.53. The van der Waals surface area contributed by atoms with Gasteiger partial charge in [0, 0.05) is 41.5 Å². The monoisotopic (exact) mass is 1050 g/mol. The Balaban J connectivity index is 3.22. The zero-order valence-corrected chi connectivity index (χ0v) is 47.2. The van der Waals surface area contributed by atoms with E-state index < -0.39 is 104 Å². The van der Waals surface area contributed by atoms with Gasteiger partial charge in [0.25, 0.3) is 5.91 Å². The predicted octanol–water partition coefficient (Wildman–Crippen LogP) is 12.1. The predicted molar refractivity (Wildman–Crippen MR) is 285 cm³/mol. The second-order valence-electron chi connectivity index (χ2n) is 20.2. The summed E-state index contributed by atoms with van der Waals surface area (Å²) in [5.41, 5.74) is 0. The van der Waals surface area contributed by atoms with E-state index in [4.69, 9.17) is 37.9 Å². The van der Waals surface area contributed by atoms with Gasteiger partial charge in [-0.2, -0.15) is 0 Å². The highest BCUT2D eigenvalue weighted by atomic mass is 16.7. The normalized spacial score (nSPS) is 18.7. The van der Waals surface area contributed by atoms with Gasteiger partial charge in [-0.1, -0.05) is 193 Å². The van der Waals surface area contributed by atoms with Crippen LogP contribution in [0.1, 0.15) is 254 Å². The minimum Gasteiger partial charge on any atom is -0.463 e. The largest absolute Gasteiger partial charge is 0.463 e. The molecule has 1 N–H and O–H groups in total. The van der Waals surface area contributed by atoms with E-state index in [1.54, 1.807) is 6.08 Å². The molecule has 0 aromatic carbocycles. The Morgan fingerprint density at radius 1 is 0.473 bits per heavy atom. The van der Waals surface area contributed by atoms with Crippen molar-refractivity contribution < 1.29 is 71.5 Å². The SMILES string of the molecule is CCCCCCCCCCCCCCC/C=C/C(OC(C)=O)[C@H](CO[C@@H]1O[C@H](COC(C)=O)[C@@H](OC(C)=O)[C@H](OC(C)=O)[C@H]1OC(C)=O)NC(=O)C(CCCCCCCCCCCCCCCCCC)OC(C)=O. The Morgan fingerprint density at radius 3 is 1.30 bits per heavy atom. The van der Waals surface area contributed by atoms with Gasteiger partial charge in [-0.25, -0.2) is 0 Å². The third-order valence-corrected chi connectivity index (χ3v) is 13.1. The molecular weight excluding hydrogens is 951 g/mol. The van der Waals surface area contributed by atoms with Crippen LogP contribution in [0.25, 0.3) is 0 Å². The van der Waals surface area contributed by atoms with Crippen LogP contribution in [0.4, 0.5) is 0 Å². The lowest BCUT2D eigenvalue weighted by atomic mass is 9.98. The number of carbonyl (C=O) groups excluding carboxylic acids is 7. The lowest BCUT2D eigenvalue weighted by Crippen LogP contribution is -2.63. The summed E-state index contributed by atoms with van der Waals surface area (Å²) in [6, 6.07) is -1.13. The molecule has 8 atom stereocenters. The third kappa shape index (κ3) is 35.3. The Morgan fingerprint density at radius 2 is 0.878 bits per heavy atom. The van der Waals surface area contributed by atoms with E-state index in [0.717, 1.165) is 65.7 Å². The number of rotatable bonds is 45. The molecule has 0 aromatic heterocycles. The lowest BCUT2D eigenvalue weighted by Gasteiger charge is -2.44. The van der Waals surface area contributed by atoms with Crippen LogP contribution in [-0.2, 0) is 71.5 Å². The van der Waals surface area contributed by atoms with Gasteiger partial charge in [0.05, 0.1) is 12.6 Å². The molecule has 1 rings (SSSR count). The minimum absolute atomic E-state index is 0.254. The van der Waals surface area contributed by atoms with E-state index in [1.165, 1.54) is 156 Å². The standard InChI is InChI=1S/C58H101NO15/c1-9-11-13-15-17-19-21-23-25-27-29-31-33-35-37-39-41-52(70-46(5)62)57(66)59-50(51(69-45(4)61)40-38-36-34-32-30-28-26-24-22-20-18-16-14-12-10-2)42-68-58-56(73-49(8)65)55(72-48(7)64)54(71-47(6)63)53(74-58)43-67-44(3)60/h38,40,50-56,58H,9-37,39,41-43H2,1-8H3,(H,59,66)/b40-38+/t50-,51?,52?,53+,54+,55-,56+,58+/m0/s1. The molecule has 0 spiro atoms. The summed E-state index contributed by atoms with van der Waals surface area (Å²) in [5.74, 6) is -5.02. The summed E-state index contributed by atoms with van der Waals surface area (Å²) in [6.45, 7) is 10.6. The van der Waals surface area contributed by atoms with Crippen LogP contribution >= 0.6 is 0 Å². The van der Waals surface area contributed by atoms with Crippen LogP contribution in [0.3, 0.4) is 0 Å². The van der Waals surface area contributed by atoms with Crippen LogP contribution < -0.4 is 5.32 Å². The summed E-state index contributed by atoms with van der Waals surface area (Å²) < 4.78 is 45.7. The number of hydrogen-bond donors (Lipinski definition) is 1. The van der Waals surface area contributed by atoms with Gasteiger partial charge in [-0.05, 0) is 31.8 Å². The first-order valence-electron chi connectivity index (χ1n) is 28.8. The molecule has 16 nitrogen and oxygen atoms in total. The van der Waals surface area contributed by atoms with E-state index in [-0.39, 0.29) is 6.42 Å². The summed E-state index contributed by atoms with van der Waals surface area (Å²) >= 11 is 0. The number of allylic oxidation sites excluding steroid dienone is 1. The molecule has 428 valence electrons. The summed E-state index contributed by atoms with van der Waals surface area (Å²) in [7, 11) is 0. The van der Waals surface area contributed by atoms with Crippen molar-refractivity contribution in [1.29, 1.82) is 0 Å². The first kappa shape index (κ1) is 68.0. The number of esters is 6. The maximum atomic E-state index is 14.2. The third-order valence-electron chi connectivity index (χ3n) is 13.1. The molecule has 0 aliphatic carbocycles. The van der Waals surface area contributed by atoms with Crippen LogP contribution in [0, 0.1) is 0 Å². The van der Waals surface area contributed by atoms with E-state index in [2.05, 4.69) is 19.2 Å². The molecule has 1 aliphatic heterocycles. The number of unbranched alkanes of at least 4 members (excludes halogenated alkanes) is 28. The van der Waals surface area contributed by atoms with Crippen molar-refractivity contribution in [2.24, 2.45) is 0 Å². The molecule has 1 heterocycles. The van der Waals surface area contributed by atoms with E-state index in [0.29, 0.717) is 12.8 Å². The van der Waals surface area contributed by atoms with Crippen molar-refractivity contribution in [2.75, 3.05) is 13.2 Å². The summed E-state index contributed by atoms with van der Waals surface area (Å²) in [4.78, 5) is 88.5. The van der Waals surface area contributed by atoms with Crippen LogP contribution in [0.5, 0.6) is 0 Å². The van der Waals surface area contributed by atoms with Crippen molar-refractivity contribution in [1.82, 2.24) is 5.32 Å². The molecule has 0 saturated carbocycles. The summed E-state index contributed by atoms with van der Waals surface area (Å²) in [5, 5.41) is 2.90. The molecule has 0 radical (unpaired) electrons. The van der Waals surface area contributed by atoms with Gasteiger partial charge in [0.2, 0.25) is 0 Å². The molecule has 0 aromatic rings. The molecule has 2 unspecified atom stereocenters. The van der Waals surface area contributed by atoms with Crippen molar-refractivity contribution >= 4 is 41.7 Å². The first-order chi connectivity index (χ1) is 35.6. The van der Waals surface area contributed by atoms with E-state index >= 15 is 0 Å². The average Bonchev–Trinajstić information content (AvgIpc) is 3.33. The lowest BCUT2D eigenvalue weighted by molar-refractivity contribution is -0.309. The maximum absolute atomic E-state index is 14.2. The maximum Gasteiger partial charge on any atom is 0.303 e. The van der Waals surface area contributed by atoms with Crippen molar-refractivity contribution in [3.8, 4) is 0 Å². The Hall–Kier alpha value is -4.05. The van der Waals surface area contributed by atoms with Crippen molar-refractivity contribution in [3.63, 3.8) is 0 Å². The second-order valence-corrected chi connectivity index (χ2v) is 20.2. The fourth-order valence-electron chi connectivity index (χ4n) is 9.29. The molecule has 74 heavy (non-hydrogen) atoms. The molecular formula is C58H101NO15. The highest BCUT2D eigenvalue weighted by Crippen LogP contribution is 2.30. The van der Waals surface area contributed by atoms with Crippen molar-refractivity contribution in [2.45, 2.75) is 303 Å². The van der Waals surface area contributed by atoms with Gasteiger partial charge in [0.15, 0.2) is 30.7 Å². The number of amides is 1. The first-order valence-corrected chi connectivity index (χ1v) is 28.8. The topological polar surface area (TPSA) is 205 Å². The molecule has 1 aliphatic rings. The smallest absolute Gasteiger partial charge is 0.303 e. The Kier molecular flexibility index (Phi) is 40.5. The van der Waals surface area contributed by atoms with Gasteiger partial charge in [-0.15, -0.1) is 0 Å². The average molecular weight is 1050 g/mol. The van der Waals surface area contributed by atoms with Gasteiger partial charge in [0.1, 0.15) is 18.8 Å². The Bertz CT molecular complexity index is 1570. The fourth-order valence-corrected chi connectivity index (χ4v) is 9.29. The van der Waals surface area contributed by atoms with Gasteiger partial charge in [-0.3, -0.25) is 33.6 Å². The van der Waals surface area contributed by atoms with Crippen LogP contribution in [0.2, 0.25) is 0 Å². The number of carbonyl (C=O) groups is 7. The van der Waals surface area contributed by atoms with Crippen molar-refractivity contribution in [3.05, 3.63) is 12.2 Å². The summed E-state index contributed by atoms with van der Waals surface area (Å²) in [6.07, 6.45) is 29.8. The molecule has 1 saturated heterocycles. The molecule has 0 bridgehead atoms. The number of hydrogen-bond acceptors (Lipinski definition) is 15. The quantitative estimate of drug-likeness (QED) is 0.0261. The molecule has 1 fully saturated rings. The fraction of sp³-hybridized carbons (Fsp3) is 0.845. The number of ether oxygens (including phenoxy) is 8. The van der Waals surface area contributed by atoms with Gasteiger partial charge < -0.3 is 43.2 Å².